The maximum atomic E-state index is 5.59. The number of hydrogen-bond donors (Lipinski definition) is 0. The van der Waals surface area contributed by atoms with Gasteiger partial charge in [0.05, 0.1) is 6.10 Å². The van der Waals surface area contributed by atoms with Crippen molar-refractivity contribution in [2.75, 3.05) is 13.2 Å². The van der Waals surface area contributed by atoms with E-state index in [2.05, 4.69) is 65.6 Å². The molecule has 0 aliphatic carbocycles. The summed E-state index contributed by atoms with van der Waals surface area (Å²) in [7, 11) is 0. The van der Waals surface area contributed by atoms with Gasteiger partial charge >= 0.3 is 0 Å². The highest BCUT2D eigenvalue weighted by Crippen LogP contribution is 2.16. The Kier molecular flexibility index (Phi) is 4.46. The smallest absolute Gasteiger partial charge is 0.0724 e. The first-order valence-corrected chi connectivity index (χ1v) is 7.32. The molecule has 1 saturated heterocycles. The summed E-state index contributed by atoms with van der Waals surface area (Å²) in [6, 6.07) is 21.3. The average molecular weight is 267 g/mol. The van der Waals surface area contributed by atoms with Crippen LogP contribution in [-0.4, -0.2) is 24.2 Å². The largest absolute Gasteiger partial charge is 0.377 e. The molecule has 1 aliphatic heterocycles. The van der Waals surface area contributed by atoms with Crippen LogP contribution >= 0.6 is 0 Å². The van der Waals surface area contributed by atoms with Crippen molar-refractivity contribution >= 4 is 0 Å². The van der Waals surface area contributed by atoms with E-state index >= 15 is 0 Å². The zero-order chi connectivity index (χ0) is 13.6. The zero-order valence-electron chi connectivity index (χ0n) is 11.7. The number of ether oxygens (including phenoxy) is 1. The highest BCUT2D eigenvalue weighted by Gasteiger charge is 2.21. The van der Waals surface area contributed by atoms with Crippen molar-refractivity contribution in [2.45, 2.75) is 25.6 Å². The minimum absolute atomic E-state index is 0.419. The summed E-state index contributed by atoms with van der Waals surface area (Å²) >= 11 is 0. The van der Waals surface area contributed by atoms with Crippen LogP contribution < -0.4 is 0 Å². The van der Waals surface area contributed by atoms with E-state index in [1.54, 1.807) is 0 Å². The van der Waals surface area contributed by atoms with Gasteiger partial charge in [-0.3, -0.25) is 4.90 Å². The maximum absolute atomic E-state index is 5.59. The minimum Gasteiger partial charge on any atom is -0.377 e. The Balaban J connectivity index is 1.66. The van der Waals surface area contributed by atoms with E-state index in [4.69, 9.17) is 4.74 Å². The molecule has 0 amide bonds. The molecule has 104 valence electrons. The molecule has 2 heteroatoms. The Morgan fingerprint density at radius 1 is 0.850 bits per heavy atom. The monoisotopic (exact) mass is 267 g/mol. The molecule has 0 spiro atoms. The van der Waals surface area contributed by atoms with Gasteiger partial charge in [0.1, 0.15) is 0 Å². The Morgan fingerprint density at radius 3 is 1.75 bits per heavy atom. The first-order valence-electron chi connectivity index (χ1n) is 7.32. The van der Waals surface area contributed by atoms with Crippen molar-refractivity contribution in [1.82, 2.24) is 4.90 Å². The molecule has 1 aliphatic rings. The molecule has 0 unspecified atom stereocenters. The number of benzene rings is 2. The molecule has 0 N–H and O–H groups in total. The van der Waals surface area contributed by atoms with Gasteiger partial charge in [0.2, 0.25) is 0 Å². The molecule has 2 aromatic rings. The summed E-state index contributed by atoms with van der Waals surface area (Å²) < 4.78 is 5.59. The van der Waals surface area contributed by atoms with Gasteiger partial charge in [-0.2, -0.15) is 0 Å². The second kappa shape index (κ2) is 6.69. The lowest BCUT2D eigenvalue weighted by Gasteiger charge is -2.32. The second-order valence-electron chi connectivity index (χ2n) is 5.42. The van der Waals surface area contributed by atoms with Gasteiger partial charge in [0, 0.05) is 26.2 Å². The van der Waals surface area contributed by atoms with Crippen LogP contribution in [-0.2, 0) is 17.8 Å². The third-order valence-corrected chi connectivity index (χ3v) is 3.75. The van der Waals surface area contributed by atoms with Gasteiger partial charge in [0.25, 0.3) is 0 Å². The first kappa shape index (κ1) is 13.3. The molecule has 1 atom stereocenters. The molecular weight excluding hydrogens is 246 g/mol. The van der Waals surface area contributed by atoms with Crippen LogP contribution in [0.2, 0.25) is 0 Å². The van der Waals surface area contributed by atoms with Gasteiger partial charge < -0.3 is 4.74 Å². The van der Waals surface area contributed by atoms with Gasteiger partial charge in [-0.1, -0.05) is 60.7 Å². The average Bonchev–Trinajstić information content (AvgIpc) is 2.45. The Bertz CT molecular complexity index is 466. The highest BCUT2D eigenvalue weighted by atomic mass is 16.5. The summed E-state index contributed by atoms with van der Waals surface area (Å²) in [5.74, 6) is 0. The van der Waals surface area contributed by atoms with Gasteiger partial charge in [-0.05, 0) is 17.5 Å². The molecular formula is C18H21NO. The topological polar surface area (TPSA) is 12.5 Å². The highest BCUT2D eigenvalue weighted by molar-refractivity contribution is 5.17. The first-order chi connectivity index (χ1) is 9.90. The van der Waals surface area contributed by atoms with Crippen LogP contribution in [0.5, 0.6) is 0 Å². The third-order valence-electron chi connectivity index (χ3n) is 3.75. The van der Waals surface area contributed by atoms with Gasteiger partial charge in [-0.25, -0.2) is 0 Å². The van der Waals surface area contributed by atoms with Crippen molar-refractivity contribution in [3.05, 3.63) is 71.8 Å². The molecule has 2 nitrogen and oxygen atoms in total. The lowest BCUT2D eigenvalue weighted by Crippen LogP contribution is -2.39. The fourth-order valence-electron chi connectivity index (χ4n) is 2.58. The minimum atomic E-state index is 0.419. The summed E-state index contributed by atoms with van der Waals surface area (Å²) in [6.45, 7) is 3.91. The van der Waals surface area contributed by atoms with Crippen molar-refractivity contribution in [1.29, 1.82) is 0 Å². The standard InChI is InChI=1S/C18H21NO/c1-3-7-16(8-4-1)13-19(15-18-11-12-20-18)14-17-9-5-2-6-10-17/h1-10,18H,11-15H2/t18-/m0/s1. The van der Waals surface area contributed by atoms with Crippen molar-refractivity contribution in [3.63, 3.8) is 0 Å². The fraction of sp³-hybridized carbons (Fsp3) is 0.333. The Labute approximate surface area is 121 Å². The van der Waals surface area contributed by atoms with Crippen molar-refractivity contribution < 1.29 is 4.74 Å². The summed E-state index contributed by atoms with van der Waals surface area (Å²) in [6.07, 6.45) is 1.61. The van der Waals surface area contributed by atoms with Gasteiger partial charge in [-0.15, -0.1) is 0 Å². The van der Waals surface area contributed by atoms with E-state index in [0.29, 0.717) is 6.10 Å². The molecule has 0 radical (unpaired) electrons. The fourth-order valence-corrected chi connectivity index (χ4v) is 2.58. The van der Waals surface area contributed by atoms with Crippen LogP contribution in [0.15, 0.2) is 60.7 Å². The van der Waals surface area contributed by atoms with Crippen molar-refractivity contribution in [2.24, 2.45) is 0 Å². The lowest BCUT2D eigenvalue weighted by atomic mass is 10.1. The lowest BCUT2D eigenvalue weighted by molar-refractivity contribution is -0.0689. The molecule has 1 heterocycles. The number of nitrogens with zero attached hydrogens (tertiary/aromatic N) is 1. The van der Waals surface area contributed by atoms with Gasteiger partial charge in [0.15, 0.2) is 0 Å². The van der Waals surface area contributed by atoms with Crippen LogP contribution in [0, 0.1) is 0 Å². The quantitative estimate of drug-likeness (QED) is 0.794. The normalized spacial score (nSPS) is 17.9. The second-order valence-corrected chi connectivity index (χ2v) is 5.42. The van der Waals surface area contributed by atoms with E-state index in [1.807, 2.05) is 0 Å². The molecule has 1 fully saturated rings. The van der Waals surface area contributed by atoms with E-state index < -0.39 is 0 Å². The predicted molar refractivity (Wildman–Crippen MR) is 81.4 cm³/mol. The number of rotatable bonds is 6. The summed E-state index contributed by atoms with van der Waals surface area (Å²) in [5.41, 5.74) is 2.73. The summed E-state index contributed by atoms with van der Waals surface area (Å²) in [4.78, 5) is 2.48. The van der Waals surface area contributed by atoms with Crippen LogP contribution in [0.3, 0.4) is 0 Å². The van der Waals surface area contributed by atoms with Crippen LogP contribution in [0.1, 0.15) is 17.5 Å². The van der Waals surface area contributed by atoms with Crippen LogP contribution in [0.4, 0.5) is 0 Å². The van der Waals surface area contributed by atoms with Crippen molar-refractivity contribution in [3.8, 4) is 0 Å². The summed E-state index contributed by atoms with van der Waals surface area (Å²) in [5, 5.41) is 0. The van der Waals surface area contributed by atoms with E-state index in [0.717, 1.165) is 26.2 Å². The maximum Gasteiger partial charge on any atom is 0.0724 e. The molecule has 0 bridgehead atoms. The molecule has 0 aromatic heterocycles. The Hall–Kier alpha value is -1.64. The zero-order valence-corrected chi connectivity index (χ0v) is 11.7. The molecule has 20 heavy (non-hydrogen) atoms. The number of hydrogen-bond acceptors (Lipinski definition) is 2. The SMILES string of the molecule is c1ccc(CN(Cc2ccccc2)C[C@@H]2CCO2)cc1. The molecule has 0 saturated carbocycles. The van der Waals surface area contributed by atoms with Crippen LogP contribution in [0.25, 0.3) is 0 Å². The molecule has 3 rings (SSSR count). The Morgan fingerprint density at radius 2 is 1.35 bits per heavy atom. The van der Waals surface area contributed by atoms with E-state index in [9.17, 15) is 0 Å². The predicted octanol–water partition coefficient (Wildman–Crippen LogP) is 3.48. The van der Waals surface area contributed by atoms with E-state index in [-0.39, 0.29) is 0 Å². The van der Waals surface area contributed by atoms with E-state index in [1.165, 1.54) is 17.5 Å². The third kappa shape index (κ3) is 3.69. The molecule has 2 aromatic carbocycles.